The monoisotopic (exact) mass is 392 g/mol. The Balaban J connectivity index is 1.78. The van der Waals surface area contributed by atoms with Gasteiger partial charge in [-0.25, -0.2) is 9.18 Å². The van der Waals surface area contributed by atoms with Crippen LogP contribution in [-0.2, 0) is 9.53 Å². The number of aryl methyl sites for hydroxylation is 1. The Labute approximate surface area is 163 Å². The molecule has 144 valence electrons. The van der Waals surface area contributed by atoms with Gasteiger partial charge in [-0.05, 0) is 49.7 Å². The van der Waals surface area contributed by atoms with Crippen LogP contribution in [0.5, 0.6) is 0 Å². The number of nitrogens with zero attached hydrogens (tertiary/aromatic N) is 1. The van der Waals surface area contributed by atoms with Crippen LogP contribution in [0.4, 0.5) is 10.1 Å². The average molecular weight is 393 g/mol. The van der Waals surface area contributed by atoms with Crippen LogP contribution < -0.4 is 10.2 Å². The predicted octanol–water partition coefficient (Wildman–Crippen LogP) is 3.59. The van der Waals surface area contributed by atoms with Crippen LogP contribution in [0.2, 0.25) is 5.02 Å². The molecule has 0 saturated heterocycles. The molecule has 0 saturated carbocycles. The van der Waals surface area contributed by atoms with Gasteiger partial charge in [-0.1, -0.05) is 23.7 Å². The van der Waals surface area contributed by atoms with Crippen molar-refractivity contribution >= 4 is 29.2 Å². The lowest BCUT2D eigenvalue weighted by Crippen LogP contribution is -2.36. The summed E-state index contributed by atoms with van der Waals surface area (Å²) in [6.45, 7) is 5.48. The molecule has 27 heavy (non-hydrogen) atoms. The Kier molecular flexibility index (Phi) is 7.61. The lowest BCUT2D eigenvalue weighted by atomic mass is 10.2. The molecule has 0 aromatic heterocycles. The first-order valence-corrected chi connectivity index (χ1v) is 8.99. The number of benzene rings is 2. The van der Waals surface area contributed by atoms with Gasteiger partial charge in [0.1, 0.15) is 5.82 Å². The second kappa shape index (κ2) is 9.92. The largest absolute Gasteiger partial charge is 0.452 e. The number of esters is 1. The van der Waals surface area contributed by atoms with Crippen LogP contribution in [0.3, 0.4) is 0 Å². The lowest BCUT2D eigenvalue weighted by molar-refractivity contribution is -0.124. The van der Waals surface area contributed by atoms with Gasteiger partial charge in [0.25, 0.3) is 5.91 Å². The van der Waals surface area contributed by atoms with Crippen molar-refractivity contribution in [3.05, 3.63) is 64.4 Å². The number of halogens is 2. The normalized spacial score (nSPS) is 10.4. The molecule has 0 fully saturated rings. The third-order valence-corrected chi connectivity index (χ3v) is 4.25. The Bertz CT molecular complexity index is 814. The van der Waals surface area contributed by atoms with E-state index in [0.29, 0.717) is 13.1 Å². The molecule has 1 amide bonds. The van der Waals surface area contributed by atoms with Crippen molar-refractivity contribution < 1.29 is 18.7 Å². The number of hydrogen-bond donors (Lipinski definition) is 1. The van der Waals surface area contributed by atoms with E-state index in [4.69, 9.17) is 16.3 Å². The van der Waals surface area contributed by atoms with Gasteiger partial charge in [0, 0.05) is 25.3 Å². The number of hydrogen-bond acceptors (Lipinski definition) is 4. The molecule has 0 aliphatic rings. The van der Waals surface area contributed by atoms with E-state index < -0.39 is 24.3 Å². The van der Waals surface area contributed by atoms with E-state index in [1.165, 1.54) is 11.6 Å². The summed E-state index contributed by atoms with van der Waals surface area (Å²) in [6.07, 6.45) is 0. The van der Waals surface area contributed by atoms with Crippen molar-refractivity contribution in [3.8, 4) is 0 Å². The van der Waals surface area contributed by atoms with Crippen LogP contribution >= 0.6 is 11.6 Å². The van der Waals surface area contributed by atoms with Gasteiger partial charge in [-0.2, -0.15) is 0 Å². The maximum Gasteiger partial charge on any atom is 0.340 e. The van der Waals surface area contributed by atoms with Crippen LogP contribution in [0, 0.1) is 12.7 Å². The molecule has 5 nitrogen and oxygen atoms in total. The Hall–Kier alpha value is -2.60. The minimum atomic E-state index is -0.773. The number of carbonyl (C=O) groups is 2. The lowest BCUT2D eigenvalue weighted by Gasteiger charge is -2.23. The second-order valence-electron chi connectivity index (χ2n) is 5.97. The van der Waals surface area contributed by atoms with Crippen molar-refractivity contribution in [1.82, 2.24) is 5.32 Å². The Morgan fingerprint density at radius 3 is 2.67 bits per heavy atom. The van der Waals surface area contributed by atoms with E-state index in [-0.39, 0.29) is 10.6 Å². The summed E-state index contributed by atoms with van der Waals surface area (Å²) in [7, 11) is 0. The van der Waals surface area contributed by atoms with Crippen molar-refractivity contribution in [2.24, 2.45) is 0 Å². The molecule has 7 heteroatoms. The van der Waals surface area contributed by atoms with E-state index in [1.54, 1.807) is 0 Å². The van der Waals surface area contributed by atoms with Gasteiger partial charge in [0.05, 0.1) is 10.6 Å². The maximum atomic E-state index is 13.0. The molecule has 0 aliphatic heterocycles. The molecule has 0 bridgehead atoms. The molecule has 2 aromatic carbocycles. The Morgan fingerprint density at radius 2 is 2.00 bits per heavy atom. The number of amides is 1. The summed E-state index contributed by atoms with van der Waals surface area (Å²) < 4.78 is 17.9. The first-order chi connectivity index (χ1) is 12.9. The van der Waals surface area contributed by atoms with Gasteiger partial charge in [-0.15, -0.1) is 0 Å². The number of ether oxygens (including phenoxy) is 1. The summed E-state index contributed by atoms with van der Waals surface area (Å²) >= 11 is 5.80. The van der Waals surface area contributed by atoms with Crippen molar-refractivity contribution in [2.45, 2.75) is 13.8 Å². The molecular formula is C20H22ClFN2O3. The van der Waals surface area contributed by atoms with Crippen LogP contribution in [0.1, 0.15) is 22.8 Å². The van der Waals surface area contributed by atoms with Gasteiger partial charge in [0.2, 0.25) is 0 Å². The highest BCUT2D eigenvalue weighted by molar-refractivity contribution is 6.33. The highest BCUT2D eigenvalue weighted by Crippen LogP contribution is 2.18. The molecular weight excluding hydrogens is 371 g/mol. The number of anilines is 1. The fraction of sp³-hybridized carbons (Fsp3) is 0.300. The fourth-order valence-electron chi connectivity index (χ4n) is 2.54. The summed E-state index contributed by atoms with van der Waals surface area (Å²) in [6, 6.07) is 11.5. The van der Waals surface area contributed by atoms with E-state index in [2.05, 4.69) is 16.3 Å². The third-order valence-electron chi connectivity index (χ3n) is 3.94. The molecule has 0 atom stereocenters. The fourth-order valence-corrected chi connectivity index (χ4v) is 2.78. The molecule has 0 aliphatic carbocycles. The van der Waals surface area contributed by atoms with E-state index in [1.807, 2.05) is 32.0 Å². The molecule has 2 aromatic rings. The minimum Gasteiger partial charge on any atom is -0.452 e. The quantitative estimate of drug-likeness (QED) is 0.697. The average Bonchev–Trinajstić information content (AvgIpc) is 2.63. The summed E-state index contributed by atoms with van der Waals surface area (Å²) in [5.74, 6) is -1.74. The smallest absolute Gasteiger partial charge is 0.340 e. The predicted molar refractivity (Wildman–Crippen MR) is 104 cm³/mol. The maximum absolute atomic E-state index is 13.0. The zero-order valence-corrected chi connectivity index (χ0v) is 16.1. The highest BCUT2D eigenvalue weighted by atomic mass is 35.5. The first-order valence-electron chi connectivity index (χ1n) is 8.61. The van der Waals surface area contributed by atoms with Gasteiger partial charge >= 0.3 is 5.97 Å². The van der Waals surface area contributed by atoms with E-state index in [0.717, 1.165) is 24.4 Å². The first kappa shape index (κ1) is 20.7. The minimum absolute atomic E-state index is 0.0162. The third kappa shape index (κ3) is 6.25. The molecule has 1 N–H and O–H groups in total. The number of nitrogens with one attached hydrogen (secondary N) is 1. The van der Waals surface area contributed by atoms with Crippen molar-refractivity contribution in [2.75, 3.05) is 31.1 Å². The van der Waals surface area contributed by atoms with Gasteiger partial charge in [-0.3, -0.25) is 4.79 Å². The zero-order chi connectivity index (χ0) is 19.8. The number of likely N-dealkylation sites (N-methyl/N-ethyl adjacent to an activating group) is 1. The van der Waals surface area contributed by atoms with Crippen molar-refractivity contribution in [3.63, 3.8) is 0 Å². The Morgan fingerprint density at radius 1 is 1.22 bits per heavy atom. The summed E-state index contributed by atoms with van der Waals surface area (Å²) in [5, 5.41) is 2.65. The number of carbonyl (C=O) groups excluding carboxylic acids is 2. The SMILES string of the molecule is CCN(CCNC(=O)COC(=O)c1ccc(F)cc1Cl)c1cccc(C)c1. The van der Waals surface area contributed by atoms with Crippen molar-refractivity contribution in [1.29, 1.82) is 0 Å². The van der Waals surface area contributed by atoms with E-state index in [9.17, 15) is 14.0 Å². The summed E-state index contributed by atoms with van der Waals surface area (Å²) in [5.41, 5.74) is 2.27. The molecule has 0 heterocycles. The number of rotatable bonds is 8. The van der Waals surface area contributed by atoms with Crippen LogP contribution in [-0.4, -0.2) is 38.1 Å². The molecule has 0 unspecified atom stereocenters. The second-order valence-corrected chi connectivity index (χ2v) is 6.38. The van der Waals surface area contributed by atoms with Gasteiger partial charge < -0.3 is 15.0 Å². The molecule has 2 rings (SSSR count). The topological polar surface area (TPSA) is 58.6 Å². The standard InChI is InChI=1S/C20H22ClFN2O3/c1-3-24(16-6-4-5-14(2)11-16)10-9-23-19(25)13-27-20(26)17-8-7-15(22)12-18(17)21/h4-8,11-12H,3,9-10,13H2,1-2H3,(H,23,25). The summed E-state index contributed by atoms with van der Waals surface area (Å²) in [4.78, 5) is 25.9. The van der Waals surface area contributed by atoms with Crippen LogP contribution in [0.15, 0.2) is 42.5 Å². The molecule has 0 radical (unpaired) electrons. The van der Waals surface area contributed by atoms with Gasteiger partial charge in [0.15, 0.2) is 6.61 Å². The zero-order valence-electron chi connectivity index (χ0n) is 15.3. The van der Waals surface area contributed by atoms with Crippen LogP contribution in [0.25, 0.3) is 0 Å². The van der Waals surface area contributed by atoms with E-state index >= 15 is 0 Å². The highest BCUT2D eigenvalue weighted by Gasteiger charge is 2.14. The molecule has 0 spiro atoms.